The van der Waals surface area contributed by atoms with E-state index in [1.807, 2.05) is 36.4 Å². The van der Waals surface area contributed by atoms with Gasteiger partial charge in [-0.15, -0.1) is 0 Å². The van der Waals surface area contributed by atoms with Crippen molar-refractivity contribution >= 4 is 12.1 Å². The number of fused-ring (bicyclic) bond motifs is 3. The molecule has 7 heteroatoms. The van der Waals surface area contributed by atoms with Gasteiger partial charge in [0.1, 0.15) is 12.6 Å². The van der Waals surface area contributed by atoms with E-state index in [1.54, 1.807) is 0 Å². The summed E-state index contributed by atoms with van der Waals surface area (Å²) in [4.78, 5) is 24.0. The first-order valence-corrected chi connectivity index (χ1v) is 11.2. The number of unbranched alkanes of at least 4 members (excludes halogenated alkanes) is 2. The average Bonchev–Trinajstić information content (AvgIpc) is 3.43. The van der Waals surface area contributed by atoms with Gasteiger partial charge in [-0.25, -0.2) is 9.59 Å². The van der Waals surface area contributed by atoms with Gasteiger partial charge >= 0.3 is 12.1 Å². The highest BCUT2D eigenvalue weighted by molar-refractivity contribution is 5.81. The number of alkyl carbamates (subject to hydrolysis) is 1. The van der Waals surface area contributed by atoms with Crippen molar-refractivity contribution in [2.24, 2.45) is 0 Å². The molecule has 2 aromatic rings. The van der Waals surface area contributed by atoms with Gasteiger partial charge in [-0.1, -0.05) is 61.4 Å². The lowest BCUT2D eigenvalue weighted by molar-refractivity contribution is -0.139. The van der Waals surface area contributed by atoms with Gasteiger partial charge in [-0.3, -0.25) is 0 Å². The maximum atomic E-state index is 12.4. The Bertz CT molecular complexity index is 894. The predicted molar refractivity (Wildman–Crippen MR) is 118 cm³/mol. The average molecular weight is 440 g/mol. The number of benzene rings is 2. The number of aliphatic carboxylic acids is 1. The molecule has 1 atom stereocenters. The summed E-state index contributed by atoms with van der Waals surface area (Å²) in [6.07, 6.45) is 2.74. The van der Waals surface area contributed by atoms with Gasteiger partial charge in [0.05, 0.1) is 13.2 Å². The summed E-state index contributed by atoms with van der Waals surface area (Å²) in [5.74, 6) is -1.11. The lowest BCUT2D eigenvalue weighted by atomic mass is 9.98. The SMILES string of the molecule is O=C(NC(CCCCCC1OCCO1)C(=O)O)OCC1c2ccccc2-c2ccccc21. The van der Waals surface area contributed by atoms with Gasteiger partial charge in [-0.2, -0.15) is 0 Å². The molecular weight excluding hydrogens is 410 g/mol. The summed E-state index contributed by atoms with van der Waals surface area (Å²) in [5, 5.41) is 12.0. The molecule has 1 saturated heterocycles. The standard InChI is InChI=1S/C25H29NO6/c27-24(28)22(12-2-1-3-13-23-30-14-15-31-23)26-25(29)32-16-21-19-10-6-4-8-17(19)18-9-5-7-11-20(18)21/h4-11,21-23H,1-3,12-16H2,(H,26,29)(H,27,28). The number of carbonyl (C=O) groups excluding carboxylic acids is 1. The van der Waals surface area contributed by atoms with E-state index in [0.717, 1.165) is 41.5 Å². The Morgan fingerprint density at radius 1 is 0.969 bits per heavy atom. The molecule has 2 aliphatic rings. The maximum Gasteiger partial charge on any atom is 0.407 e. The first-order chi connectivity index (χ1) is 15.6. The van der Waals surface area contributed by atoms with Crippen LogP contribution in [0.2, 0.25) is 0 Å². The molecule has 1 aliphatic heterocycles. The molecule has 4 rings (SSSR count). The Morgan fingerprint density at radius 3 is 2.22 bits per heavy atom. The van der Waals surface area contributed by atoms with E-state index >= 15 is 0 Å². The summed E-state index contributed by atoms with van der Waals surface area (Å²) < 4.78 is 16.3. The van der Waals surface area contributed by atoms with E-state index in [1.165, 1.54) is 0 Å². The predicted octanol–water partition coefficient (Wildman–Crippen LogP) is 4.30. The molecule has 0 saturated carbocycles. The highest BCUT2D eigenvalue weighted by atomic mass is 16.7. The highest BCUT2D eigenvalue weighted by Crippen LogP contribution is 2.44. The monoisotopic (exact) mass is 439 g/mol. The third kappa shape index (κ3) is 5.29. The van der Waals surface area contributed by atoms with Gasteiger partial charge in [-0.05, 0) is 41.5 Å². The van der Waals surface area contributed by atoms with Crippen molar-refractivity contribution in [2.75, 3.05) is 19.8 Å². The molecule has 0 radical (unpaired) electrons. The Morgan fingerprint density at radius 2 is 1.59 bits per heavy atom. The summed E-state index contributed by atoms with van der Waals surface area (Å²) in [5.41, 5.74) is 4.53. The quantitative estimate of drug-likeness (QED) is 0.536. The molecular formula is C25H29NO6. The third-order valence-corrected chi connectivity index (χ3v) is 6.06. The molecule has 1 unspecified atom stereocenters. The summed E-state index contributed by atoms with van der Waals surface area (Å²) >= 11 is 0. The van der Waals surface area contributed by atoms with Crippen LogP contribution in [0.3, 0.4) is 0 Å². The van der Waals surface area contributed by atoms with Crippen molar-refractivity contribution < 1.29 is 28.9 Å². The fourth-order valence-corrected chi connectivity index (χ4v) is 4.45. The van der Waals surface area contributed by atoms with E-state index in [2.05, 4.69) is 17.4 Å². The zero-order valence-electron chi connectivity index (χ0n) is 18.0. The van der Waals surface area contributed by atoms with Crippen molar-refractivity contribution in [2.45, 2.75) is 50.4 Å². The number of carbonyl (C=O) groups is 2. The van der Waals surface area contributed by atoms with Gasteiger partial charge in [0.2, 0.25) is 0 Å². The van der Waals surface area contributed by atoms with E-state index in [4.69, 9.17) is 14.2 Å². The number of hydrogen-bond donors (Lipinski definition) is 2. The number of rotatable bonds is 10. The Balaban J connectivity index is 1.25. The van der Waals surface area contributed by atoms with Crippen molar-refractivity contribution in [1.82, 2.24) is 5.32 Å². The van der Waals surface area contributed by atoms with Crippen LogP contribution in [-0.2, 0) is 19.0 Å². The van der Waals surface area contributed by atoms with Crippen LogP contribution < -0.4 is 5.32 Å². The number of carboxylic acid groups (broad SMARTS) is 1. The molecule has 0 spiro atoms. The summed E-state index contributed by atoms with van der Waals surface area (Å²) in [7, 11) is 0. The number of nitrogens with one attached hydrogen (secondary N) is 1. The molecule has 32 heavy (non-hydrogen) atoms. The first kappa shape index (κ1) is 22.3. The van der Waals surface area contributed by atoms with Gasteiger partial charge in [0, 0.05) is 5.92 Å². The molecule has 2 aromatic carbocycles. The molecule has 0 aromatic heterocycles. The second-order valence-corrected chi connectivity index (χ2v) is 8.17. The minimum atomic E-state index is -1.05. The van der Waals surface area contributed by atoms with Crippen LogP contribution in [0.4, 0.5) is 4.79 Å². The topological polar surface area (TPSA) is 94.1 Å². The maximum absolute atomic E-state index is 12.4. The van der Waals surface area contributed by atoms with E-state index in [-0.39, 0.29) is 18.8 Å². The fourth-order valence-electron chi connectivity index (χ4n) is 4.45. The van der Waals surface area contributed by atoms with E-state index < -0.39 is 18.1 Å². The molecule has 1 heterocycles. The van der Waals surface area contributed by atoms with Gasteiger partial charge in [0.25, 0.3) is 0 Å². The summed E-state index contributed by atoms with van der Waals surface area (Å²) in [6.45, 7) is 1.43. The second kappa shape index (κ2) is 10.6. The minimum absolute atomic E-state index is 0.0588. The third-order valence-electron chi connectivity index (χ3n) is 6.06. The Kier molecular flexibility index (Phi) is 7.39. The Hall–Kier alpha value is -2.90. The largest absolute Gasteiger partial charge is 0.480 e. The molecule has 170 valence electrons. The van der Waals surface area contributed by atoms with Crippen LogP contribution in [0.15, 0.2) is 48.5 Å². The Labute approximate surface area is 187 Å². The van der Waals surface area contributed by atoms with E-state index in [9.17, 15) is 14.7 Å². The second-order valence-electron chi connectivity index (χ2n) is 8.17. The minimum Gasteiger partial charge on any atom is -0.480 e. The van der Waals surface area contributed by atoms with Crippen LogP contribution in [0.5, 0.6) is 0 Å². The molecule has 1 amide bonds. The number of ether oxygens (including phenoxy) is 3. The van der Waals surface area contributed by atoms with Crippen molar-refractivity contribution in [3.63, 3.8) is 0 Å². The van der Waals surface area contributed by atoms with Crippen LogP contribution in [-0.4, -0.2) is 49.3 Å². The highest BCUT2D eigenvalue weighted by Gasteiger charge is 2.29. The van der Waals surface area contributed by atoms with Crippen molar-refractivity contribution in [1.29, 1.82) is 0 Å². The normalized spacial score (nSPS) is 16.4. The zero-order chi connectivity index (χ0) is 22.3. The smallest absolute Gasteiger partial charge is 0.407 e. The van der Waals surface area contributed by atoms with Crippen LogP contribution >= 0.6 is 0 Å². The fraction of sp³-hybridized carbons (Fsp3) is 0.440. The van der Waals surface area contributed by atoms with Crippen molar-refractivity contribution in [3.8, 4) is 11.1 Å². The lowest BCUT2D eigenvalue weighted by Crippen LogP contribution is -2.41. The summed E-state index contributed by atoms with van der Waals surface area (Å²) in [6, 6.07) is 15.2. The molecule has 0 bridgehead atoms. The molecule has 2 N–H and O–H groups in total. The van der Waals surface area contributed by atoms with Gasteiger partial charge in [0.15, 0.2) is 6.29 Å². The molecule has 1 fully saturated rings. The molecule has 7 nitrogen and oxygen atoms in total. The zero-order valence-corrected chi connectivity index (χ0v) is 18.0. The van der Waals surface area contributed by atoms with Crippen LogP contribution in [0.1, 0.15) is 49.1 Å². The van der Waals surface area contributed by atoms with Crippen LogP contribution in [0.25, 0.3) is 11.1 Å². The lowest BCUT2D eigenvalue weighted by Gasteiger charge is -2.17. The number of amides is 1. The molecule has 1 aliphatic carbocycles. The number of hydrogen-bond acceptors (Lipinski definition) is 5. The number of carboxylic acids is 1. The first-order valence-electron chi connectivity index (χ1n) is 11.2. The van der Waals surface area contributed by atoms with E-state index in [0.29, 0.717) is 26.1 Å². The van der Waals surface area contributed by atoms with Gasteiger partial charge < -0.3 is 24.6 Å². The van der Waals surface area contributed by atoms with Crippen LogP contribution in [0, 0.1) is 0 Å². The van der Waals surface area contributed by atoms with Crippen molar-refractivity contribution in [3.05, 3.63) is 59.7 Å².